The van der Waals surface area contributed by atoms with E-state index in [2.05, 4.69) is 16.0 Å². The molecule has 0 radical (unpaired) electrons. The molecule has 29 heavy (non-hydrogen) atoms. The van der Waals surface area contributed by atoms with E-state index < -0.39 is 5.54 Å². The minimum absolute atomic E-state index is 0.0601. The monoisotopic (exact) mass is 393 g/mol. The normalized spacial score (nSPS) is 15.3. The first-order chi connectivity index (χ1) is 13.9. The largest absolute Gasteiger partial charge is 0.338 e. The standard InChI is InChI=1S/C22H27N5O2/c1-16(2)25-21(29)24-14-9-15-27-19(28)22(26-20(27)23,17-10-5-3-6-11-17)18-12-7-4-8-13-18/h3-8,10-13,16H,9,14-15H2,1-2H3,(H2,23,26)(H2,24,25,29). The number of hydrogen-bond acceptors (Lipinski definition) is 3. The van der Waals surface area contributed by atoms with Crippen LogP contribution in [-0.4, -0.2) is 41.9 Å². The molecule has 0 unspecified atom stereocenters. The number of rotatable bonds is 7. The summed E-state index contributed by atoms with van der Waals surface area (Å²) in [5, 5.41) is 17.1. The summed E-state index contributed by atoms with van der Waals surface area (Å²) in [5.74, 6) is -0.124. The highest BCUT2D eigenvalue weighted by atomic mass is 16.2. The van der Waals surface area contributed by atoms with Gasteiger partial charge in [-0.3, -0.25) is 15.1 Å². The Balaban J connectivity index is 1.77. The summed E-state index contributed by atoms with van der Waals surface area (Å²) in [6.45, 7) is 4.54. The Morgan fingerprint density at radius 2 is 1.62 bits per heavy atom. The minimum Gasteiger partial charge on any atom is -0.338 e. The van der Waals surface area contributed by atoms with Gasteiger partial charge < -0.3 is 16.0 Å². The van der Waals surface area contributed by atoms with E-state index in [0.29, 0.717) is 19.5 Å². The van der Waals surface area contributed by atoms with Crippen molar-refractivity contribution >= 4 is 17.9 Å². The smallest absolute Gasteiger partial charge is 0.314 e. The van der Waals surface area contributed by atoms with Crippen LogP contribution in [0.5, 0.6) is 0 Å². The molecule has 2 aromatic carbocycles. The molecule has 0 bridgehead atoms. The highest BCUT2D eigenvalue weighted by Crippen LogP contribution is 2.35. The van der Waals surface area contributed by atoms with E-state index in [1.54, 1.807) is 0 Å². The lowest BCUT2D eigenvalue weighted by molar-refractivity contribution is -0.130. The first-order valence-electron chi connectivity index (χ1n) is 9.79. The average molecular weight is 393 g/mol. The van der Waals surface area contributed by atoms with Crippen molar-refractivity contribution < 1.29 is 9.59 Å². The zero-order valence-electron chi connectivity index (χ0n) is 16.7. The summed E-state index contributed by atoms with van der Waals surface area (Å²) >= 11 is 0. The number of nitrogens with one attached hydrogen (secondary N) is 4. The molecule has 4 N–H and O–H groups in total. The lowest BCUT2D eigenvalue weighted by Crippen LogP contribution is -2.45. The van der Waals surface area contributed by atoms with Gasteiger partial charge in [-0.1, -0.05) is 60.7 Å². The Morgan fingerprint density at radius 1 is 1.07 bits per heavy atom. The molecule has 3 rings (SSSR count). The summed E-state index contributed by atoms with van der Waals surface area (Å²) in [7, 11) is 0. The number of nitrogens with zero attached hydrogens (tertiary/aromatic N) is 1. The van der Waals surface area contributed by atoms with Crippen molar-refractivity contribution in [1.29, 1.82) is 5.41 Å². The second-order valence-electron chi connectivity index (χ2n) is 7.32. The van der Waals surface area contributed by atoms with Gasteiger partial charge in [-0.2, -0.15) is 0 Å². The zero-order chi connectivity index (χ0) is 20.9. The minimum atomic E-state index is -1.12. The lowest BCUT2D eigenvalue weighted by atomic mass is 9.82. The first-order valence-corrected chi connectivity index (χ1v) is 9.79. The fourth-order valence-electron chi connectivity index (χ4n) is 3.50. The van der Waals surface area contributed by atoms with Crippen LogP contribution in [0.25, 0.3) is 0 Å². The third-order valence-electron chi connectivity index (χ3n) is 4.82. The highest BCUT2D eigenvalue weighted by molar-refractivity contribution is 6.10. The van der Waals surface area contributed by atoms with Crippen molar-refractivity contribution in [2.75, 3.05) is 13.1 Å². The van der Waals surface area contributed by atoms with Crippen molar-refractivity contribution in [2.45, 2.75) is 31.8 Å². The van der Waals surface area contributed by atoms with Gasteiger partial charge in [0.25, 0.3) is 5.91 Å². The molecule has 0 saturated carbocycles. The predicted octanol–water partition coefficient (Wildman–Crippen LogP) is 2.39. The van der Waals surface area contributed by atoms with E-state index in [1.807, 2.05) is 74.5 Å². The van der Waals surface area contributed by atoms with Gasteiger partial charge in [0, 0.05) is 19.1 Å². The molecule has 2 aromatic rings. The molecule has 7 nitrogen and oxygen atoms in total. The van der Waals surface area contributed by atoms with Crippen LogP contribution < -0.4 is 16.0 Å². The number of guanidine groups is 1. The zero-order valence-corrected chi connectivity index (χ0v) is 16.7. The Morgan fingerprint density at radius 3 is 2.14 bits per heavy atom. The van der Waals surface area contributed by atoms with Crippen LogP contribution in [-0.2, 0) is 10.3 Å². The molecule has 152 valence electrons. The van der Waals surface area contributed by atoms with E-state index in [1.165, 1.54) is 4.90 Å². The fraction of sp³-hybridized carbons (Fsp3) is 0.318. The van der Waals surface area contributed by atoms with E-state index in [-0.39, 0.29) is 23.9 Å². The van der Waals surface area contributed by atoms with Crippen LogP contribution in [0.4, 0.5) is 4.79 Å². The van der Waals surface area contributed by atoms with E-state index in [9.17, 15) is 9.59 Å². The van der Waals surface area contributed by atoms with Crippen molar-refractivity contribution in [1.82, 2.24) is 20.9 Å². The van der Waals surface area contributed by atoms with Crippen LogP contribution in [0.1, 0.15) is 31.4 Å². The quantitative estimate of drug-likeness (QED) is 0.544. The van der Waals surface area contributed by atoms with Gasteiger partial charge >= 0.3 is 6.03 Å². The van der Waals surface area contributed by atoms with Gasteiger partial charge in [0.05, 0.1) is 0 Å². The molecule has 0 aliphatic carbocycles. The van der Waals surface area contributed by atoms with Gasteiger partial charge in [0.1, 0.15) is 0 Å². The van der Waals surface area contributed by atoms with Gasteiger partial charge in [0.15, 0.2) is 11.5 Å². The molecule has 0 spiro atoms. The predicted molar refractivity (Wildman–Crippen MR) is 113 cm³/mol. The number of urea groups is 1. The summed E-state index contributed by atoms with van der Waals surface area (Å²) < 4.78 is 0. The Kier molecular flexibility index (Phi) is 6.16. The Hall–Kier alpha value is -3.35. The number of carbonyl (C=O) groups excluding carboxylic acids is 2. The first kappa shape index (κ1) is 20.4. The van der Waals surface area contributed by atoms with Crippen LogP contribution in [0.3, 0.4) is 0 Å². The van der Waals surface area contributed by atoms with Crippen molar-refractivity contribution in [2.24, 2.45) is 0 Å². The molecule has 1 fully saturated rings. The van der Waals surface area contributed by atoms with Crippen LogP contribution >= 0.6 is 0 Å². The van der Waals surface area contributed by atoms with Gasteiger partial charge in [-0.15, -0.1) is 0 Å². The topological polar surface area (TPSA) is 97.3 Å². The Labute approximate surface area is 171 Å². The van der Waals surface area contributed by atoms with Crippen LogP contribution in [0, 0.1) is 5.41 Å². The highest BCUT2D eigenvalue weighted by Gasteiger charge is 2.51. The summed E-state index contributed by atoms with van der Waals surface area (Å²) in [6.07, 6.45) is 0.543. The summed E-state index contributed by atoms with van der Waals surface area (Å²) in [6, 6.07) is 18.8. The van der Waals surface area contributed by atoms with Crippen LogP contribution in [0.2, 0.25) is 0 Å². The van der Waals surface area contributed by atoms with Crippen molar-refractivity contribution in [3.8, 4) is 0 Å². The average Bonchev–Trinajstić information content (AvgIpc) is 2.97. The molecule has 7 heteroatoms. The number of benzene rings is 2. The van der Waals surface area contributed by atoms with Gasteiger partial charge in [-0.05, 0) is 31.4 Å². The molecule has 1 aliphatic heterocycles. The van der Waals surface area contributed by atoms with Gasteiger partial charge in [-0.25, -0.2) is 4.79 Å². The van der Waals surface area contributed by atoms with Crippen LogP contribution in [0.15, 0.2) is 60.7 Å². The van der Waals surface area contributed by atoms with Gasteiger partial charge in [0.2, 0.25) is 0 Å². The Bertz CT molecular complexity index is 828. The number of carbonyl (C=O) groups is 2. The summed E-state index contributed by atoms with van der Waals surface area (Å²) in [5.41, 5.74) is 0.456. The third kappa shape index (κ3) is 4.23. The molecular weight excluding hydrogens is 366 g/mol. The fourth-order valence-corrected chi connectivity index (χ4v) is 3.50. The van der Waals surface area contributed by atoms with E-state index in [0.717, 1.165) is 11.1 Å². The molecular formula is C22H27N5O2. The molecule has 1 heterocycles. The molecule has 3 amide bonds. The third-order valence-corrected chi connectivity index (χ3v) is 4.82. The second-order valence-corrected chi connectivity index (χ2v) is 7.32. The van der Waals surface area contributed by atoms with E-state index >= 15 is 0 Å². The second kappa shape index (κ2) is 8.77. The lowest BCUT2D eigenvalue weighted by Gasteiger charge is -2.28. The SMILES string of the molecule is CC(C)NC(=O)NCCCN1C(=N)NC(c2ccccc2)(c2ccccc2)C1=O. The summed E-state index contributed by atoms with van der Waals surface area (Å²) in [4.78, 5) is 26.7. The molecule has 1 saturated heterocycles. The molecule has 0 atom stereocenters. The maximum Gasteiger partial charge on any atom is 0.314 e. The number of amides is 3. The molecule has 0 aromatic heterocycles. The van der Waals surface area contributed by atoms with E-state index in [4.69, 9.17) is 5.41 Å². The maximum atomic E-state index is 13.5. The maximum absolute atomic E-state index is 13.5. The van der Waals surface area contributed by atoms with Crippen molar-refractivity contribution in [3.63, 3.8) is 0 Å². The molecule has 1 aliphatic rings. The number of hydrogen-bond donors (Lipinski definition) is 4. The van der Waals surface area contributed by atoms with Crippen molar-refractivity contribution in [3.05, 3.63) is 71.8 Å².